The Morgan fingerprint density at radius 1 is 0.207 bits per heavy atom. The molecule has 0 saturated carbocycles. The Balaban J connectivity index is 1.05. The van der Waals surface area contributed by atoms with Gasteiger partial charge in [-0.1, -0.05) is 115 Å². The van der Waals surface area contributed by atoms with Gasteiger partial charge in [-0.15, -0.1) is 0 Å². The van der Waals surface area contributed by atoms with E-state index >= 15 is 0 Å². The molecular formula is C54H34N4. The van der Waals surface area contributed by atoms with Gasteiger partial charge in [-0.3, -0.25) is 0 Å². The maximum atomic E-state index is 2.47. The van der Waals surface area contributed by atoms with Crippen molar-refractivity contribution in [2.75, 3.05) is 0 Å². The van der Waals surface area contributed by atoms with Crippen molar-refractivity contribution in [3.8, 4) is 22.7 Å². The average molecular weight is 739 g/mol. The molecule has 0 N–H and O–H groups in total. The molecule has 270 valence electrons. The molecule has 0 aliphatic carbocycles. The van der Waals surface area contributed by atoms with Crippen molar-refractivity contribution in [1.82, 2.24) is 18.3 Å². The van der Waals surface area contributed by atoms with Crippen molar-refractivity contribution >= 4 is 87.2 Å². The number of hydrogen-bond acceptors (Lipinski definition) is 0. The maximum Gasteiger partial charge on any atom is 0.0562 e. The van der Waals surface area contributed by atoms with Crippen LogP contribution in [0, 0.1) is 0 Å². The van der Waals surface area contributed by atoms with Crippen molar-refractivity contribution < 1.29 is 0 Å². The lowest BCUT2D eigenvalue weighted by atomic mass is 10.1. The summed E-state index contributed by atoms with van der Waals surface area (Å²) in [5.41, 5.74) is 14.2. The lowest BCUT2D eigenvalue weighted by Crippen LogP contribution is -1.97. The zero-order valence-electron chi connectivity index (χ0n) is 31.4. The van der Waals surface area contributed by atoms with E-state index in [1.807, 2.05) is 0 Å². The summed E-state index contributed by atoms with van der Waals surface area (Å²) in [6.07, 6.45) is 0. The fourth-order valence-electron chi connectivity index (χ4n) is 9.98. The van der Waals surface area contributed by atoms with E-state index in [1.54, 1.807) is 0 Å². The Morgan fingerprint density at radius 3 is 1.10 bits per heavy atom. The molecule has 0 radical (unpaired) electrons. The summed E-state index contributed by atoms with van der Waals surface area (Å²) in [4.78, 5) is 0. The van der Waals surface area contributed by atoms with E-state index in [0.29, 0.717) is 0 Å². The van der Waals surface area contributed by atoms with E-state index in [9.17, 15) is 0 Å². The Bertz CT molecular complexity index is 3740. The Morgan fingerprint density at radius 2 is 0.569 bits per heavy atom. The SMILES string of the molecule is c1ccc(-n2c3ccccc3c3c(-n4c5ccccc5c5cc(-n6c7ccccc7c7cc(-n8c9ccccc9c9ccccc98)ccc76)ccc54)cccc32)cc1. The molecule has 4 heterocycles. The zero-order valence-corrected chi connectivity index (χ0v) is 31.4. The topological polar surface area (TPSA) is 19.7 Å². The molecular weight excluding hydrogens is 705 g/mol. The summed E-state index contributed by atoms with van der Waals surface area (Å²) in [7, 11) is 0. The zero-order chi connectivity index (χ0) is 37.9. The molecule has 0 amide bonds. The second kappa shape index (κ2) is 11.8. The van der Waals surface area contributed by atoms with Gasteiger partial charge < -0.3 is 18.3 Å². The van der Waals surface area contributed by atoms with E-state index in [4.69, 9.17) is 0 Å². The van der Waals surface area contributed by atoms with E-state index in [-0.39, 0.29) is 0 Å². The average Bonchev–Trinajstić information content (AvgIpc) is 4.01. The van der Waals surface area contributed by atoms with Crippen LogP contribution in [0.5, 0.6) is 0 Å². The third-order valence-corrected chi connectivity index (χ3v) is 12.3. The monoisotopic (exact) mass is 738 g/mol. The first kappa shape index (κ1) is 31.4. The molecule has 4 heteroatoms. The molecule has 0 fully saturated rings. The quantitative estimate of drug-likeness (QED) is 0.171. The molecule has 0 aliphatic heterocycles. The number of aromatic nitrogens is 4. The number of rotatable bonds is 4. The van der Waals surface area contributed by atoms with Crippen LogP contribution in [0.3, 0.4) is 0 Å². The standard InChI is InChI=1S/C54H34N4/c1-2-15-35(16-3-1)55-49-26-13-8-21-42(49)54-52(55)27-14-28-53(54)58-48-25-12-7-20-41(48)44-34-37(30-32-51(44)58)57-47-24-11-6-19-40(47)43-33-36(29-31-50(43)57)56-45-22-9-4-17-38(45)39-18-5-10-23-46(39)56/h1-34H. The summed E-state index contributed by atoms with van der Waals surface area (Å²) in [5.74, 6) is 0. The van der Waals surface area contributed by atoms with Gasteiger partial charge in [-0.25, -0.2) is 0 Å². The minimum atomic E-state index is 1.14. The number of benzene rings is 9. The fourth-order valence-corrected chi connectivity index (χ4v) is 9.98. The van der Waals surface area contributed by atoms with Crippen LogP contribution < -0.4 is 0 Å². The smallest absolute Gasteiger partial charge is 0.0562 e. The lowest BCUT2D eigenvalue weighted by molar-refractivity contribution is 1.16. The maximum absolute atomic E-state index is 2.47. The minimum absolute atomic E-state index is 1.14. The van der Waals surface area contributed by atoms with Crippen molar-refractivity contribution in [3.05, 3.63) is 206 Å². The predicted octanol–water partition coefficient (Wildman–Crippen LogP) is 14.1. The number of para-hydroxylation sites is 6. The van der Waals surface area contributed by atoms with E-state index in [0.717, 1.165) is 17.1 Å². The first-order valence-corrected chi connectivity index (χ1v) is 20.0. The van der Waals surface area contributed by atoms with Crippen LogP contribution in [0.4, 0.5) is 0 Å². The summed E-state index contributed by atoms with van der Waals surface area (Å²) in [6.45, 7) is 0. The van der Waals surface area contributed by atoms with Gasteiger partial charge in [0, 0.05) is 60.2 Å². The second-order valence-corrected chi connectivity index (χ2v) is 15.3. The van der Waals surface area contributed by atoms with Crippen LogP contribution in [-0.2, 0) is 0 Å². The predicted molar refractivity (Wildman–Crippen MR) is 244 cm³/mol. The molecule has 58 heavy (non-hydrogen) atoms. The highest BCUT2D eigenvalue weighted by atomic mass is 15.0. The van der Waals surface area contributed by atoms with Crippen molar-refractivity contribution in [3.63, 3.8) is 0 Å². The van der Waals surface area contributed by atoms with Crippen molar-refractivity contribution in [2.24, 2.45) is 0 Å². The van der Waals surface area contributed by atoms with Crippen molar-refractivity contribution in [2.45, 2.75) is 0 Å². The minimum Gasteiger partial charge on any atom is -0.309 e. The van der Waals surface area contributed by atoms with Crippen LogP contribution in [0.2, 0.25) is 0 Å². The number of nitrogens with zero attached hydrogens (tertiary/aromatic N) is 4. The molecule has 0 saturated heterocycles. The normalized spacial score (nSPS) is 12.1. The van der Waals surface area contributed by atoms with Gasteiger partial charge in [0.1, 0.15) is 0 Å². The van der Waals surface area contributed by atoms with Gasteiger partial charge in [-0.05, 0) is 91.0 Å². The molecule has 0 bridgehead atoms. The first-order valence-electron chi connectivity index (χ1n) is 20.0. The number of fused-ring (bicyclic) bond motifs is 12. The largest absolute Gasteiger partial charge is 0.309 e. The fraction of sp³-hybridized carbons (Fsp3) is 0. The van der Waals surface area contributed by atoms with Gasteiger partial charge in [-0.2, -0.15) is 0 Å². The second-order valence-electron chi connectivity index (χ2n) is 15.3. The molecule has 9 aromatic carbocycles. The van der Waals surface area contributed by atoms with Gasteiger partial charge in [0.2, 0.25) is 0 Å². The van der Waals surface area contributed by atoms with E-state index in [1.165, 1.54) is 92.9 Å². The molecule has 13 rings (SSSR count). The number of hydrogen-bond donors (Lipinski definition) is 0. The Labute approximate surface area is 333 Å². The molecule has 0 aliphatic rings. The summed E-state index contributed by atoms with van der Waals surface area (Å²) < 4.78 is 9.73. The molecule has 13 aromatic rings. The van der Waals surface area contributed by atoms with E-state index < -0.39 is 0 Å². The van der Waals surface area contributed by atoms with Gasteiger partial charge in [0.05, 0.1) is 49.8 Å². The lowest BCUT2D eigenvalue weighted by Gasteiger charge is -2.13. The van der Waals surface area contributed by atoms with Crippen LogP contribution in [0.25, 0.3) is 110 Å². The van der Waals surface area contributed by atoms with Gasteiger partial charge in [0.25, 0.3) is 0 Å². The Kier molecular flexibility index (Phi) is 6.41. The highest BCUT2D eigenvalue weighted by Gasteiger charge is 2.21. The van der Waals surface area contributed by atoms with Crippen LogP contribution >= 0.6 is 0 Å². The highest BCUT2D eigenvalue weighted by molar-refractivity contribution is 6.17. The third-order valence-electron chi connectivity index (χ3n) is 12.3. The molecule has 0 spiro atoms. The molecule has 4 nitrogen and oxygen atoms in total. The molecule has 0 atom stereocenters. The van der Waals surface area contributed by atoms with Crippen LogP contribution in [0.15, 0.2) is 206 Å². The molecule has 0 unspecified atom stereocenters. The van der Waals surface area contributed by atoms with Crippen LogP contribution in [-0.4, -0.2) is 18.3 Å². The summed E-state index contributed by atoms with van der Waals surface area (Å²) in [5, 5.41) is 9.96. The first-order chi connectivity index (χ1) is 28.8. The van der Waals surface area contributed by atoms with Crippen LogP contribution in [0.1, 0.15) is 0 Å². The highest BCUT2D eigenvalue weighted by Crippen LogP contribution is 2.42. The summed E-state index contributed by atoms with van der Waals surface area (Å²) in [6, 6.07) is 75.4. The Hall–Kier alpha value is -7.82. The van der Waals surface area contributed by atoms with E-state index in [2.05, 4.69) is 225 Å². The van der Waals surface area contributed by atoms with Crippen molar-refractivity contribution in [1.29, 1.82) is 0 Å². The van der Waals surface area contributed by atoms with Gasteiger partial charge >= 0.3 is 0 Å². The molecule has 4 aromatic heterocycles. The van der Waals surface area contributed by atoms with Gasteiger partial charge in [0.15, 0.2) is 0 Å². The third kappa shape index (κ3) is 4.23. The summed E-state index contributed by atoms with van der Waals surface area (Å²) >= 11 is 0.